The van der Waals surface area contributed by atoms with E-state index in [2.05, 4.69) is 10.2 Å². The Morgan fingerprint density at radius 1 is 1.09 bits per heavy atom. The van der Waals surface area contributed by atoms with Gasteiger partial charge >= 0.3 is 0 Å². The average Bonchev–Trinajstić information content (AvgIpc) is 3.35. The molecule has 0 bridgehead atoms. The van der Waals surface area contributed by atoms with E-state index >= 15 is 0 Å². The zero-order chi connectivity index (χ0) is 22.6. The highest BCUT2D eigenvalue weighted by Crippen LogP contribution is 2.27. The lowest BCUT2D eigenvalue weighted by Crippen LogP contribution is -2.47. The molecule has 4 rings (SSSR count). The topological polar surface area (TPSA) is 82.9 Å². The number of hydrogen-bond donors (Lipinski definition) is 1. The zero-order valence-electron chi connectivity index (χ0n) is 18.1. The molecule has 1 N–H and O–H groups in total. The summed E-state index contributed by atoms with van der Waals surface area (Å²) in [5.74, 6) is 0.377. The molecule has 2 aliphatic heterocycles. The molecule has 2 aromatic rings. The molecule has 2 aliphatic rings. The van der Waals surface area contributed by atoms with Gasteiger partial charge in [-0.2, -0.15) is 4.31 Å². The van der Waals surface area contributed by atoms with Gasteiger partial charge in [0.2, 0.25) is 15.9 Å². The summed E-state index contributed by atoms with van der Waals surface area (Å²) in [5.41, 5.74) is 0. The Morgan fingerprint density at radius 2 is 1.84 bits per heavy atom. The number of rotatable bonds is 7. The summed E-state index contributed by atoms with van der Waals surface area (Å²) < 4.78 is 33.1. The van der Waals surface area contributed by atoms with Gasteiger partial charge in [-0.25, -0.2) is 8.42 Å². The summed E-state index contributed by atoms with van der Waals surface area (Å²) in [4.78, 5) is 15.6. The lowest BCUT2D eigenvalue weighted by atomic mass is 9.98. The summed E-state index contributed by atoms with van der Waals surface area (Å²) in [5, 5.41) is 3.56. The van der Waals surface area contributed by atoms with E-state index in [1.807, 2.05) is 12.1 Å². The maximum atomic E-state index is 13.0. The largest absolute Gasteiger partial charge is 0.468 e. The van der Waals surface area contributed by atoms with Crippen LogP contribution in [-0.4, -0.2) is 56.3 Å². The molecule has 0 unspecified atom stereocenters. The fourth-order valence-corrected chi connectivity index (χ4v) is 6.24. The van der Waals surface area contributed by atoms with E-state index in [0.717, 1.165) is 31.7 Å². The molecule has 0 spiro atoms. The van der Waals surface area contributed by atoms with Crippen molar-refractivity contribution in [3.05, 3.63) is 53.4 Å². The number of nitrogens with zero attached hydrogens (tertiary/aromatic N) is 2. The Kier molecular flexibility index (Phi) is 7.55. The fourth-order valence-electron chi connectivity index (χ4n) is 4.59. The van der Waals surface area contributed by atoms with Gasteiger partial charge in [-0.05, 0) is 75.2 Å². The van der Waals surface area contributed by atoms with Crippen LogP contribution in [0.25, 0.3) is 0 Å². The van der Waals surface area contributed by atoms with Crippen LogP contribution >= 0.6 is 11.6 Å². The van der Waals surface area contributed by atoms with Crippen molar-refractivity contribution >= 4 is 27.5 Å². The minimum atomic E-state index is -3.66. The SMILES string of the molecule is O=C(NC[C@H](c1ccco1)N1CCCCC1)[C@H]1CCCN(S(=O)(=O)c2ccc(Cl)cc2)C1. The van der Waals surface area contributed by atoms with Gasteiger partial charge in [-0.1, -0.05) is 18.0 Å². The highest BCUT2D eigenvalue weighted by Gasteiger charge is 2.34. The average molecular weight is 480 g/mol. The number of likely N-dealkylation sites (tertiary alicyclic amines) is 1. The molecule has 0 radical (unpaired) electrons. The first-order valence-corrected chi connectivity index (χ1v) is 13.1. The van der Waals surface area contributed by atoms with Crippen molar-refractivity contribution in [2.24, 2.45) is 5.92 Å². The van der Waals surface area contributed by atoms with Gasteiger partial charge in [-0.3, -0.25) is 9.69 Å². The van der Waals surface area contributed by atoms with E-state index in [1.165, 1.54) is 22.9 Å². The maximum absolute atomic E-state index is 13.0. The van der Waals surface area contributed by atoms with E-state index in [4.69, 9.17) is 16.0 Å². The van der Waals surface area contributed by atoms with Gasteiger partial charge in [0.25, 0.3) is 0 Å². The molecule has 2 saturated heterocycles. The Hall–Kier alpha value is -1.87. The summed E-state index contributed by atoms with van der Waals surface area (Å²) >= 11 is 5.89. The number of sulfonamides is 1. The van der Waals surface area contributed by atoms with Crippen molar-refractivity contribution in [2.75, 3.05) is 32.7 Å². The molecular formula is C23H30ClN3O4S. The second-order valence-corrected chi connectivity index (χ2v) is 10.9. The van der Waals surface area contributed by atoms with Crippen LogP contribution in [0.15, 0.2) is 52.0 Å². The smallest absolute Gasteiger partial charge is 0.243 e. The Morgan fingerprint density at radius 3 is 2.53 bits per heavy atom. The first-order chi connectivity index (χ1) is 15.4. The number of hydrogen-bond acceptors (Lipinski definition) is 5. The molecule has 0 saturated carbocycles. The van der Waals surface area contributed by atoms with Crippen LogP contribution in [0.3, 0.4) is 0 Å². The van der Waals surface area contributed by atoms with E-state index in [0.29, 0.717) is 31.0 Å². The second-order valence-electron chi connectivity index (χ2n) is 8.53. The van der Waals surface area contributed by atoms with Crippen LogP contribution in [0.5, 0.6) is 0 Å². The predicted molar refractivity (Wildman–Crippen MR) is 123 cm³/mol. The highest BCUT2D eigenvalue weighted by molar-refractivity contribution is 7.89. The lowest BCUT2D eigenvalue weighted by Gasteiger charge is -2.34. The van der Waals surface area contributed by atoms with Gasteiger partial charge in [-0.15, -0.1) is 0 Å². The first kappa shape index (κ1) is 23.3. The summed E-state index contributed by atoms with van der Waals surface area (Å²) in [6, 6.07) is 9.96. The van der Waals surface area contributed by atoms with Crippen molar-refractivity contribution in [2.45, 2.75) is 43.0 Å². The molecule has 2 fully saturated rings. The molecule has 1 aromatic heterocycles. The molecular weight excluding hydrogens is 450 g/mol. The molecule has 7 nitrogen and oxygen atoms in total. The Balaban J connectivity index is 1.39. The summed E-state index contributed by atoms with van der Waals surface area (Å²) in [7, 11) is -3.66. The van der Waals surface area contributed by atoms with Gasteiger partial charge in [0.15, 0.2) is 0 Å². The third kappa shape index (κ3) is 5.36. The molecule has 1 aromatic carbocycles. The molecule has 0 aliphatic carbocycles. The second kappa shape index (κ2) is 10.4. The highest BCUT2D eigenvalue weighted by atomic mass is 35.5. The van der Waals surface area contributed by atoms with Gasteiger partial charge in [0.05, 0.1) is 23.1 Å². The first-order valence-electron chi connectivity index (χ1n) is 11.3. The monoisotopic (exact) mass is 479 g/mol. The van der Waals surface area contributed by atoms with E-state index in [9.17, 15) is 13.2 Å². The molecule has 9 heteroatoms. The third-order valence-corrected chi connectivity index (χ3v) is 8.51. The Bertz CT molecular complexity index is 989. The number of halogens is 1. The third-order valence-electron chi connectivity index (χ3n) is 6.38. The van der Waals surface area contributed by atoms with Gasteiger partial charge in [0.1, 0.15) is 5.76 Å². The lowest BCUT2D eigenvalue weighted by molar-refractivity contribution is -0.126. The normalized spacial score (nSPS) is 21.8. The molecule has 32 heavy (non-hydrogen) atoms. The quantitative estimate of drug-likeness (QED) is 0.655. The molecule has 1 amide bonds. The van der Waals surface area contributed by atoms with Crippen LogP contribution < -0.4 is 5.32 Å². The van der Waals surface area contributed by atoms with Gasteiger partial charge < -0.3 is 9.73 Å². The van der Waals surface area contributed by atoms with Crippen LogP contribution in [0.2, 0.25) is 5.02 Å². The molecule has 2 atom stereocenters. The van der Waals surface area contributed by atoms with Crippen molar-refractivity contribution in [3.8, 4) is 0 Å². The number of carbonyl (C=O) groups excluding carboxylic acids is 1. The van der Waals surface area contributed by atoms with Crippen molar-refractivity contribution < 1.29 is 17.6 Å². The van der Waals surface area contributed by atoms with Crippen LogP contribution in [-0.2, 0) is 14.8 Å². The van der Waals surface area contributed by atoms with Crippen LogP contribution in [0.1, 0.15) is 43.9 Å². The minimum absolute atomic E-state index is 0.00764. The maximum Gasteiger partial charge on any atom is 0.243 e. The van der Waals surface area contributed by atoms with Gasteiger partial charge in [0, 0.05) is 24.7 Å². The summed E-state index contributed by atoms with van der Waals surface area (Å²) in [6.45, 7) is 3.02. The van der Waals surface area contributed by atoms with E-state index in [1.54, 1.807) is 18.4 Å². The Labute approximate surface area is 194 Å². The summed E-state index contributed by atoms with van der Waals surface area (Å²) in [6.07, 6.45) is 6.51. The van der Waals surface area contributed by atoms with Crippen LogP contribution in [0, 0.1) is 5.92 Å². The number of benzene rings is 1. The van der Waals surface area contributed by atoms with Crippen LogP contribution in [0.4, 0.5) is 0 Å². The number of furan rings is 1. The number of carbonyl (C=O) groups is 1. The minimum Gasteiger partial charge on any atom is -0.468 e. The van der Waals surface area contributed by atoms with Crippen molar-refractivity contribution in [1.29, 1.82) is 0 Å². The number of amides is 1. The van der Waals surface area contributed by atoms with E-state index < -0.39 is 10.0 Å². The number of nitrogens with one attached hydrogen (secondary N) is 1. The molecule has 174 valence electrons. The van der Waals surface area contributed by atoms with Crippen molar-refractivity contribution in [1.82, 2.24) is 14.5 Å². The fraction of sp³-hybridized carbons (Fsp3) is 0.522. The van der Waals surface area contributed by atoms with E-state index in [-0.39, 0.29) is 29.3 Å². The molecule has 3 heterocycles. The predicted octanol–water partition coefficient (Wildman–Crippen LogP) is 3.68. The standard InChI is InChI=1S/C23H30ClN3O4S/c24-19-8-10-20(11-9-19)32(29,30)27-14-4-6-18(17-27)23(28)25-16-21(22-7-5-15-31-22)26-12-2-1-3-13-26/h5,7-11,15,18,21H,1-4,6,12-14,16-17H2,(H,25,28)/t18-,21+/m0/s1. The number of piperidine rings is 2. The van der Waals surface area contributed by atoms with Crippen molar-refractivity contribution in [3.63, 3.8) is 0 Å². The zero-order valence-corrected chi connectivity index (χ0v) is 19.7.